The summed E-state index contributed by atoms with van der Waals surface area (Å²) in [6.07, 6.45) is 3.89. The van der Waals surface area contributed by atoms with Gasteiger partial charge in [-0.3, -0.25) is 4.79 Å². The highest BCUT2D eigenvalue weighted by molar-refractivity contribution is 5.77. The maximum Gasteiger partial charge on any atom is 0.316 e. The molecule has 4 nitrogen and oxygen atoms in total. The Morgan fingerprint density at radius 2 is 2.08 bits per heavy atom. The molecule has 0 spiro atoms. The average Bonchev–Trinajstić information content (AvgIpc) is 2.02. The summed E-state index contributed by atoms with van der Waals surface area (Å²) < 4.78 is 0. The molecule has 0 unspecified atom stereocenters. The van der Waals surface area contributed by atoms with Crippen molar-refractivity contribution >= 4 is 12.3 Å². The van der Waals surface area contributed by atoms with Gasteiger partial charge in [0.2, 0.25) is 0 Å². The first-order valence-electron chi connectivity index (χ1n) is 3.46. The van der Waals surface area contributed by atoms with Crippen LogP contribution in [0.25, 0.3) is 0 Å². The molecule has 66 valence electrons. The number of nitrogens with one attached hydrogen (secondary N) is 1. The molecule has 0 aliphatic rings. The van der Waals surface area contributed by atoms with E-state index >= 15 is 0 Å². The van der Waals surface area contributed by atoms with Crippen LogP contribution in [0.1, 0.15) is 13.8 Å². The molecular formula is C8H12N2O2. The van der Waals surface area contributed by atoms with Gasteiger partial charge >= 0.3 is 6.03 Å². The number of hydrogen-bond donors (Lipinski definition) is 2. The molecule has 0 heterocycles. The third-order valence-electron chi connectivity index (χ3n) is 1.15. The number of aldehydes is 1. The Balaban J connectivity index is 4.39. The van der Waals surface area contributed by atoms with Gasteiger partial charge in [0.05, 0.1) is 0 Å². The Labute approximate surface area is 71.1 Å². The highest BCUT2D eigenvalue weighted by atomic mass is 16.2. The first-order chi connectivity index (χ1) is 5.60. The second kappa shape index (κ2) is 5.12. The van der Waals surface area contributed by atoms with Crippen LogP contribution in [-0.4, -0.2) is 12.3 Å². The summed E-state index contributed by atoms with van der Waals surface area (Å²) in [7, 11) is 0. The van der Waals surface area contributed by atoms with Crippen molar-refractivity contribution in [3.05, 3.63) is 23.4 Å². The van der Waals surface area contributed by atoms with E-state index in [1.54, 1.807) is 19.9 Å². The van der Waals surface area contributed by atoms with Crippen molar-refractivity contribution in [3.63, 3.8) is 0 Å². The minimum absolute atomic E-state index is 0.520. The van der Waals surface area contributed by atoms with Crippen LogP contribution in [0.3, 0.4) is 0 Å². The third kappa shape index (κ3) is 4.27. The molecular weight excluding hydrogens is 156 g/mol. The van der Waals surface area contributed by atoms with E-state index in [4.69, 9.17) is 5.73 Å². The van der Waals surface area contributed by atoms with Crippen LogP contribution in [0.2, 0.25) is 0 Å². The van der Waals surface area contributed by atoms with Crippen LogP contribution < -0.4 is 11.1 Å². The van der Waals surface area contributed by atoms with Gasteiger partial charge in [0, 0.05) is 5.70 Å². The van der Waals surface area contributed by atoms with Gasteiger partial charge in [-0.05, 0) is 25.5 Å². The molecule has 0 saturated heterocycles. The van der Waals surface area contributed by atoms with Gasteiger partial charge in [0.15, 0.2) is 0 Å². The third-order valence-corrected chi connectivity index (χ3v) is 1.15. The van der Waals surface area contributed by atoms with E-state index in [1.807, 2.05) is 0 Å². The summed E-state index contributed by atoms with van der Waals surface area (Å²) in [6.45, 7) is 3.37. The van der Waals surface area contributed by atoms with Crippen LogP contribution in [0.5, 0.6) is 0 Å². The topological polar surface area (TPSA) is 72.2 Å². The standard InChI is InChI=1S/C8H12N2O2/c1-3-7(10-8(9)12)4-6(2)5-11/h3-5H,1-2H3,(H3,9,10,12)/b6-4+,7-3+. The number of nitrogens with two attached hydrogens (primary N) is 1. The largest absolute Gasteiger partial charge is 0.351 e. The maximum absolute atomic E-state index is 10.4. The lowest BCUT2D eigenvalue weighted by atomic mass is 10.2. The minimum Gasteiger partial charge on any atom is -0.351 e. The fraction of sp³-hybridized carbons (Fsp3) is 0.250. The number of carbonyl (C=O) groups is 2. The highest BCUT2D eigenvalue weighted by Gasteiger charge is 1.95. The molecule has 0 aliphatic heterocycles. The van der Waals surface area contributed by atoms with Gasteiger partial charge in [-0.1, -0.05) is 6.08 Å². The first kappa shape index (κ1) is 10.4. The molecule has 4 heteroatoms. The molecule has 0 atom stereocenters. The number of primary amides is 1. The fourth-order valence-corrected chi connectivity index (χ4v) is 0.613. The van der Waals surface area contributed by atoms with Crippen LogP contribution in [0.15, 0.2) is 23.4 Å². The van der Waals surface area contributed by atoms with Gasteiger partial charge in [-0.2, -0.15) is 0 Å². The first-order valence-corrected chi connectivity index (χ1v) is 3.46. The summed E-state index contributed by atoms with van der Waals surface area (Å²) in [5.41, 5.74) is 5.92. The molecule has 0 aromatic heterocycles. The van der Waals surface area contributed by atoms with Gasteiger partial charge in [-0.25, -0.2) is 4.79 Å². The summed E-state index contributed by atoms with van der Waals surface area (Å²) in [5, 5.41) is 2.36. The number of rotatable bonds is 3. The van der Waals surface area contributed by atoms with Crippen molar-refractivity contribution in [3.8, 4) is 0 Å². The average molecular weight is 168 g/mol. The van der Waals surface area contributed by atoms with Crippen molar-refractivity contribution in [2.24, 2.45) is 5.73 Å². The lowest BCUT2D eigenvalue weighted by Crippen LogP contribution is -2.27. The van der Waals surface area contributed by atoms with Crippen molar-refractivity contribution < 1.29 is 9.59 Å². The normalized spacial score (nSPS) is 12.5. The molecule has 0 bridgehead atoms. The van der Waals surface area contributed by atoms with Gasteiger partial charge in [-0.15, -0.1) is 0 Å². The number of allylic oxidation sites excluding steroid dienone is 3. The quantitative estimate of drug-likeness (QED) is 0.370. The van der Waals surface area contributed by atoms with Crippen LogP contribution in [0, 0.1) is 0 Å². The van der Waals surface area contributed by atoms with Gasteiger partial charge in [0.1, 0.15) is 6.29 Å². The Kier molecular flexibility index (Phi) is 4.45. The monoisotopic (exact) mass is 168 g/mol. The Morgan fingerprint density at radius 3 is 2.42 bits per heavy atom. The number of carbonyl (C=O) groups excluding carboxylic acids is 2. The predicted molar refractivity (Wildman–Crippen MR) is 46.3 cm³/mol. The zero-order chi connectivity index (χ0) is 9.56. The fourth-order valence-electron chi connectivity index (χ4n) is 0.613. The molecule has 0 aromatic rings. The van der Waals surface area contributed by atoms with Gasteiger partial charge < -0.3 is 11.1 Å². The highest BCUT2D eigenvalue weighted by Crippen LogP contribution is 1.96. The van der Waals surface area contributed by atoms with Crippen molar-refractivity contribution in [2.45, 2.75) is 13.8 Å². The molecule has 2 amide bonds. The second-order valence-electron chi connectivity index (χ2n) is 2.24. The zero-order valence-electron chi connectivity index (χ0n) is 7.13. The molecule has 3 N–H and O–H groups in total. The predicted octanol–water partition coefficient (Wildman–Crippen LogP) is 0.704. The molecule has 0 aliphatic carbocycles. The smallest absolute Gasteiger partial charge is 0.316 e. The second-order valence-corrected chi connectivity index (χ2v) is 2.24. The SMILES string of the molecule is C/C=C(\C=C(/C)C=O)NC(N)=O. The molecule has 0 fully saturated rings. The van der Waals surface area contributed by atoms with Crippen LogP contribution in [-0.2, 0) is 4.79 Å². The lowest BCUT2D eigenvalue weighted by molar-refractivity contribution is -0.104. The van der Waals surface area contributed by atoms with Gasteiger partial charge in [0.25, 0.3) is 0 Å². The zero-order valence-corrected chi connectivity index (χ0v) is 7.13. The number of urea groups is 1. The summed E-state index contributed by atoms with van der Waals surface area (Å²) in [6, 6.07) is -0.641. The Hall–Kier alpha value is -1.58. The molecule has 0 aromatic carbocycles. The van der Waals surface area contributed by atoms with Crippen molar-refractivity contribution in [1.29, 1.82) is 0 Å². The van der Waals surface area contributed by atoms with E-state index in [2.05, 4.69) is 5.32 Å². The molecule has 0 saturated carbocycles. The number of hydrogen-bond acceptors (Lipinski definition) is 2. The summed E-state index contributed by atoms with van der Waals surface area (Å²) >= 11 is 0. The molecule has 0 rings (SSSR count). The molecule has 12 heavy (non-hydrogen) atoms. The van der Waals surface area contributed by atoms with Crippen molar-refractivity contribution in [2.75, 3.05) is 0 Å². The minimum atomic E-state index is -0.641. The van der Waals surface area contributed by atoms with Crippen LogP contribution >= 0.6 is 0 Å². The van der Waals surface area contributed by atoms with E-state index < -0.39 is 6.03 Å². The van der Waals surface area contributed by atoms with E-state index in [0.29, 0.717) is 17.6 Å². The van der Waals surface area contributed by atoms with Crippen LogP contribution in [0.4, 0.5) is 4.79 Å². The number of amides is 2. The lowest BCUT2D eigenvalue weighted by Gasteiger charge is -2.00. The van der Waals surface area contributed by atoms with Crippen molar-refractivity contribution in [1.82, 2.24) is 5.32 Å². The summed E-state index contributed by atoms with van der Waals surface area (Å²) in [5.74, 6) is 0. The summed E-state index contributed by atoms with van der Waals surface area (Å²) in [4.78, 5) is 20.6. The molecule has 0 radical (unpaired) electrons. The van der Waals surface area contributed by atoms with E-state index in [1.165, 1.54) is 6.08 Å². The Bertz CT molecular complexity index is 241. The van der Waals surface area contributed by atoms with E-state index in [9.17, 15) is 9.59 Å². The Morgan fingerprint density at radius 1 is 1.50 bits per heavy atom. The van der Waals surface area contributed by atoms with E-state index in [0.717, 1.165) is 0 Å². The maximum atomic E-state index is 10.4. The van der Waals surface area contributed by atoms with E-state index in [-0.39, 0.29) is 0 Å².